The first-order valence-electron chi connectivity index (χ1n) is 5.41. The van der Waals surface area contributed by atoms with Crippen molar-refractivity contribution < 1.29 is 0 Å². The second-order valence-corrected chi connectivity index (χ2v) is 4.10. The van der Waals surface area contributed by atoms with E-state index in [2.05, 4.69) is 12.8 Å². The zero-order chi connectivity index (χ0) is 8.23. The van der Waals surface area contributed by atoms with Crippen LogP contribution >= 0.6 is 0 Å². The Bertz CT molecular complexity index is 100. The maximum atomic E-state index is 3.48. The second kappa shape index (κ2) is 4.30. The predicted molar refractivity (Wildman–Crippen MR) is 51.2 cm³/mol. The summed E-state index contributed by atoms with van der Waals surface area (Å²) in [6, 6.07) is 0. The van der Waals surface area contributed by atoms with Gasteiger partial charge in [0.2, 0.25) is 0 Å². The van der Waals surface area contributed by atoms with Crippen LogP contribution in [0.1, 0.15) is 51.4 Å². The van der Waals surface area contributed by atoms with Gasteiger partial charge in [0.1, 0.15) is 0 Å². The normalized spacial score (nSPS) is 29.0. The monoisotopic (exact) mass is 162 g/mol. The van der Waals surface area contributed by atoms with Crippen LogP contribution in [0, 0.1) is 24.7 Å². The van der Waals surface area contributed by atoms with E-state index in [1.807, 2.05) is 0 Å². The number of hydrogen-bond acceptors (Lipinski definition) is 0. The molecule has 2 rings (SSSR count). The fourth-order valence-electron chi connectivity index (χ4n) is 2.44. The Labute approximate surface area is 76.7 Å². The molecule has 0 heteroatoms. The van der Waals surface area contributed by atoms with E-state index < -0.39 is 0 Å². The van der Waals surface area contributed by atoms with Crippen molar-refractivity contribution in [2.45, 2.75) is 51.4 Å². The molecule has 2 aliphatic carbocycles. The standard InChI is InChI=1S/C12H18/c1-3-7-11(8-4-1)12-9-5-2-6-10-12/h3,12H,1-2,4-6,8-10H2. The summed E-state index contributed by atoms with van der Waals surface area (Å²) in [5, 5.41) is 0. The van der Waals surface area contributed by atoms with Gasteiger partial charge in [0, 0.05) is 0 Å². The first-order chi connectivity index (χ1) is 5.97. The molecule has 4 radical (unpaired) electrons. The molecule has 0 aliphatic heterocycles. The van der Waals surface area contributed by atoms with Crippen molar-refractivity contribution >= 4 is 0 Å². The Hall–Kier alpha value is 0. The third-order valence-electron chi connectivity index (χ3n) is 3.18. The van der Waals surface area contributed by atoms with Gasteiger partial charge in [-0.25, -0.2) is 0 Å². The molecule has 2 saturated carbocycles. The maximum absolute atomic E-state index is 3.48. The second-order valence-electron chi connectivity index (χ2n) is 4.10. The molecule has 0 unspecified atom stereocenters. The minimum Gasteiger partial charge on any atom is -0.0533 e. The van der Waals surface area contributed by atoms with E-state index in [0.29, 0.717) is 0 Å². The smallest absolute Gasteiger partial charge is 0.00602 e. The molecule has 0 N–H and O–H groups in total. The van der Waals surface area contributed by atoms with Gasteiger partial charge in [-0.1, -0.05) is 25.7 Å². The molecule has 0 aromatic rings. The fraction of sp³-hybridized carbons (Fsp3) is 0.750. The summed E-state index contributed by atoms with van der Waals surface area (Å²) in [4.78, 5) is 0. The Balaban J connectivity index is 1.80. The van der Waals surface area contributed by atoms with Crippen LogP contribution in [0.25, 0.3) is 0 Å². The van der Waals surface area contributed by atoms with Crippen molar-refractivity contribution in [2.75, 3.05) is 0 Å². The average Bonchev–Trinajstić information content (AvgIpc) is 2.21. The largest absolute Gasteiger partial charge is 0.0533 e. The van der Waals surface area contributed by atoms with E-state index in [0.717, 1.165) is 5.92 Å². The quantitative estimate of drug-likeness (QED) is 0.552. The molecule has 0 amide bonds. The Morgan fingerprint density at radius 2 is 1.92 bits per heavy atom. The van der Waals surface area contributed by atoms with E-state index in [1.54, 1.807) is 5.92 Å². The van der Waals surface area contributed by atoms with Gasteiger partial charge in [0.15, 0.2) is 0 Å². The molecule has 0 aromatic carbocycles. The first kappa shape index (κ1) is 8.59. The summed E-state index contributed by atoms with van der Waals surface area (Å²) in [5.74, 6) is 2.55. The molecule has 0 saturated heterocycles. The fourth-order valence-corrected chi connectivity index (χ4v) is 2.44. The van der Waals surface area contributed by atoms with Crippen LogP contribution in [0.4, 0.5) is 0 Å². The third kappa shape index (κ3) is 2.02. The van der Waals surface area contributed by atoms with Crippen molar-refractivity contribution in [1.29, 1.82) is 0 Å². The summed E-state index contributed by atoms with van der Waals surface area (Å²) in [7, 11) is 0. The van der Waals surface area contributed by atoms with Crippen molar-refractivity contribution in [3.8, 4) is 0 Å². The lowest BCUT2D eigenvalue weighted by Crippen LogP contribution is -2.19. The Kier molecular flexibility index (Phi) is 3.08. The molecule has 0 nitrogen and oxygen atoms in total. The van der Waals surface area contributed by atoms with Crippen molar-refractivity contribution in [1.82, 2.24) is 0 Å². The molecule has 0 spiro atoms. The minimum absolute atomic E-state index is 0.912. The molecule has 0 bridgehead atoms. The van der Waals surface area contributed by atoms with Crippen molar-refractivity contribution in [2.24, 2.45) is 5.92 Å². The van der Waals surface area contributed by atoms with Crippen LogP contribution < -0.4 is 0 Å². The van der Waals surface area contributed by atoms with Crippen LogP contribution in [-0.2, 0) is 0 Å². The highest BCUT2D eigenvalue weighted by Crippen LogP contribution is 2.38. The van der Waals surface area contributed by atoms with Crippen LogP contribution in [-0.4, -0.2) is 0 Å². The van der Waals surface area contributed by atoms with Gasteiger partial charge in [0.25, 0.3) is 0 Å². The van der Waals surface area contributed by atoms with Crippen LogP contribution in [0.2, 0.25) is 0 Å². The highest BCUT2D eigenvalue weighted by Gasteiger charge is 2.25. The molecule has 0 aromatic heterocycles. The molecule has 0 heterocycles. The highest BCUT2D eigenvalue weighted by atomic mass is 14.3. The molecule has 2 aliphatic rings. The van der Waals surface area contributed by atoms with Crippen molar-refractivity contribution in [3.63, 3.8) is 0 Å². The van der Waals surface area contributed by atoms with E-state index >= 15 is 0 Å². The average molecular weight is 162 g/mol. The molecule has 2 fully saturated rings. The van der Waals surface area contributed by atoms with E-state index in [4.69, 9.17) is 0 Å². The summed E-state index contributed by atoms with van der Waals surface area (Å²) in [5.41, 5.74) is 0. The van der Waals surface area contributed by atoms with Crippen LogP contribution in [0.3, 0.4) is 0 Å². The SMILES string of the molecule is [C]1[CH]CCC[C]1C1CCCCC1. The predicted octanol–water partition coefficient (Wildman–Crippen LogP) is 3.61. The minimum atomic E-state index is 0.912. The summed E-state index contributed by atoms with van der Waals surface area (Å²) < 4.78 is 0. The van der Waals surface area contributed by atoms with E-state index in [-0.39, 0.29) is 0 Å². The van der Waals surface area contributed by atoms with Gasteiger partial charge in [-0.15, -0.1) is 0 Å². The van der Waals surface area contributed by atoms with E-state index in [9.17, 15) is 0 Å². The van der Waals surface area contributed by atoms with Gasteiger partial charge in [-0.2, -0.15) is 0 Å². The molecular formula is C12H18. The molecule has 66 valence electrons. The van der Waals surface area contributed by atoms with Crippen LogP contribution in [0.15, 0.2) is 0 Å². The lowest BCUT2D eigenvalue weighted by Gasteiger charge is -2.31. The van der Waals surface area contributed by atoms with E-state index in [1.165, 1.54) is 51.4 Å². The summed E-state index contributed by atoms with van der Waals surface area (Å²) >= 11 is 0. The summed E-state index contributed by atoms with van der Waals surface area (Å²) in [6.07, 6.45) is 16.9. The zero-order valence-electron chi connectivity index (χ0n) is 7.81. The van der Waals surface area contributed by atoms with Crippen molar-refractivity contribution in [3.05, 3.63) is 18.8 Å². The van der Waals surface area contributed by atoms with Crippen LogP contribution in [0.5, 0.6) is 0 Å². The lowest BCUT2D eigenvalue weighted by molar-refractivity contribution is 0.356. The number of rotatable bonds is 1. The highest BCUT2D eigenvalue weighted by molar-refractivity contribution is 5.16. The lowest BCUT2D eigenvalue weighted by atomic mass is 9.73. The third-order valence-corrected chi connectivity index (χ3v) is 3.18. The van der Waals surface area contributed by atoms with Gasteiger partial charge in [0.05, 0.1) is 0 Å². The molecular weight excluding hydrogens is 144 g/mol. The topological polar surface area (TPSA) is 0 Å². The maximum Gasteiger partial charge on any atom is -0.00602 e. The molecule has 12 heavy (non-hydrogen) atoms. The number of hydrogen-bond donors (Lipinski definition) is 0. The van der Waals surface area contributed by atoms with Gasteiger partial charge >= 0.3 is 0 Å². The van der Waals surface area contributed by atoms with Gasteiger partial charge in [-0.05, 0) is 50.4 Å². The Morgan fingerprint density at radius 3 is 2.58 bits per heavy atom. The first-order valence-corrected chi connectivity index (χ1v) is 5.41. The Morgan fingerprint density at radius 1 is 1.08 bits per heavy atom. The van der Waals surface area contributed by atoms with Gasteiger partial charge < -0.3 is 0 Å². The zero-order valence-corrected chi connectivity index (χ0v) is 7.81. The summed E-state index contributed by atoms with van der Waals surface area (Å²) in [6.45, 7) is 0. The molecule has 0 atom stereocenters. The van der Waals surface area contributed by atoms with Gasteiger partial charge in [-0.3, -0.25) is 0 Å².